The number of aromatic nitrogens is 1. The largest absolute Gasteiger partial charge is 0.336 e. The molecule has 1 aliphatic rings. The Balaban J connectivity index is 1.98. The van der Waals surface area contributed by atoms with Crippen molar-refractivity contribution < 1.29 is 22.5 Å². The van der Waals surface area contributed by atoms with Gasteiger partial charge in [-0.15, -0.1) is 0 Å². The predicted molar refractivity (Wildman–Crippen MR) is 104 cm³/mol. The first-order chi connectivity index (χ1) is 13.5. The van der Waals surface area contributed by atoms with Crippen molar-refractivity contribution in [2.45, 2.75) is 12.2 Å². The summed E-state index contributed by atoms with van der Waals surface area (Å²) in [6.07, 6.45) is 1.03. The smallest absolute Gasteiger partial charge is 0.288 e. The zero-order valence-electron chi connectivity index (χ0n) is 14.9. The Labute approximate surface area is 175 Å². The van der Waals surface area contributed by atoms with Crippen molar-refractivity contribution in [3.8, 4) is 0 Å². The van der Waals surface area contributed by atoms with Gasteiger partial charge in [0.15, 0.2) is 9.84 Å². The van der Waals surface area contributed by atoms with E-state index in [2.05, 4.69) is 4.98 Å². The molecule has 0 aliphatic carbocycles. The number of rotatable bonds is 3. The lowest BCUT2D eigenvalue weighted by Gasteiger charge is -2.33. The van der Waals surface area contributed by atoms with Gasteiger partial charge in [-0.2, -0.15) is 0 Å². The van der Waals surface area contributed by atoms with Crippen LogP contribution >= 0.6 is 23.2 Å². The summed E-state index contributed by atoms with van der Waals surface area (Å²) in [7, 11) is -3.72. The summed E-state index contributed by atoms with van der Waals surface area (Å²) in [4.78, 5) is 28.3. The lowest BCUT2D eigenvalue weighted by atomic mass is 10.1. The van der Waals surface area contributed by atoms with Gasteiger partial charge in [-0.25, -0.2) is 12.8 Å². The van der Waals surface area contributed by atoms with E-state index in [-0.39, 0.29) is 51.4 Å². The molecule has 8 nitrogen and oxygen atoms in total. The van der Waals surface area contributed by atoms with E-state index in [0.29, 0.717) is 0 Å². The number of benzene rings is 1. The Bertz CT molecular complexity index is 1130. The summed E-state index contributed by atoms with van der Waals surface area (Å²) >= 11 is 11.8. The number of nitrogens with zero attached hydrogens (tertiary/aromatic N) is 3. The molecule has 2 aromatic rings. The van der Waals surface area contributed by atoms with Gasteiger partial charge < -0.3 is 4.90 Å². The summed E-state index contributed by atoms with van der Waals surface area (Å²) in [6.45, 7) is 1.11. The molecule has 1 fully saturated rings. The lowest BCUT2D eigenvalue weighted by molar-refractivity contribution is -0.385. The van der Waals surface area contributed by atoms with Crippen molar-refractivity contribution in [3.63, 3.8) is 0 Å². The second-order valence-corrected chi connectivity index (χ2v) is 9.60. The van der Waals surface area contributed by atoms with Crippen LogP contribution in [-0.2, 0) is 9.84 Å². The molecular formula is C17H14Cl2FN3O5S. The van der Waals surface area contributed by atoms with Crippen LogP contribution in [-0.4, -0.2) is 48.0 Å². The normalized spacial score (nSPS) is 18.5. The van der Waals surface area contributed by atoms with Gasteiger partial charge in [-0.05, 0) is 24.6 Å². The molecule has 1 aromatic heterocycles. The molecule has 154 valence electrons. The maximum Gasteiger partial charge on any atom is 0.288 e. The number of nitro groups is 1. The van der Waals surface area contributed by atoms with Gasteiger partial charge >= 0.3 is 0 Å². The standard InChI is InChI=1S/C17H14Cl2FN3O5S/c1-9-11(4-10(7-21-9)23(25)26)17(24)22-2-3-29(27,28)16(8-22)12-5-15(20)14(19)6-13(12)18/h4-7,16H,2-3,8H2,1H3. The average molecular weight is 462 g/mol. The van der Waals surface area contributed by atoms with Gasteiger partial charge in [0.1, 0.15) is 17.3 Å². The molecule has 1 aromatic carbocycles. The summed E-state index contributed by atoms with van der Waals surface area (Å²) in [5.74, 6) is -1.81. The third kappa shape index (κ3) is 4.19. The number of pyridine rings is 1. The van der Waals surface area contributed by atoms with Crippen molar-refractivity contribution in [3.05, 3.63) is 67.2 Å². The summed E-state index contributed by atoms with van der Waals surface area (Å²) < 4.78 is 39.1. The van der Waals surface area contributed by atoms with Crippen LogP contribution in [0.15, 0.2) is 24.4 Å². The second kappa shape index (κ2) is 7.85. The van der Waals surface area contributed by atoms with Crippen molar-refractivity contribution in [1.82, 2.24) is 9.88 Å². The lowest BCUT2D eigenvalue weighted by Crippen LogP contribution is -2.45. The highest BCUT2D eigenvalue weighted by Crippen LogP contribution is 2.36. The predicted octanol–water partition coefficient (Wildman–Crippen LogP) is 3.36. The van der Waals surface area contributed by atoms with E-state index in [0.717, 1.165) is 24.4 Å². The molecule has 0 saturated carbocycles. The highest BCUT2D eigenvalue weighted by molar-refractivity contribution is 7.91. The third-order valence-electron chi connectivity index (χ3n) is 4.65. The fraction of sp³-hybridized carbons (Fsp3) is 0.294. The van der Waals surface area contributed by atoms with Crippen LogP contribution in [0, 0.1) is 22.9 Å². The summed E-state index contributed by atoms with van der Waals surface area (Å²) in [6, 6.07) is 3.15. The maximum absolute atomic E-state index is 13.9. The van der Waals surface area contributed by atoms with Gasteiger partial charge in [-0.3, -0.25) is 19.9 Å². The van der Waals surface area contributed by atoms with Crippen LogP contribution in [0.3, 0.4) is 0 Å². The first-order valence-corrected chi connectivity index (χ1v) is 10.7. The zero-order chi connectivity index (χ0) is 21.5. The Hall–Kier alpha value is -2.30. The minimum Gasteiger partial charge on any atom is -0.336 e. The van der Waals surface area contributed by atoms with Gasteiger partial charge in [0.25, 0.3) is 11.6 Å². The molecule has 0 bridgehead atoms. The Morgan fingerprint density at radius 2 is 2.00 bits per heavy atom. The van der Waals surface area contributed by atoms with E-state index in [4.69, 9.17) is 23.2 Å². The number of hydrogen-bond donors (Lipinski definition) is 0. The fourth-order valence-electron chi connectivity index (χ4n) is 3.05. The first-order valence-electron chi connectivity index (χ1n) is 8.27. The van der Waals surface area contributed by atoms with Crippen molar-refractivity contribution in [2.24, 2.45) is 0 Å². The van der Waals surface area contributed by atoms with Crippen LogP contribution < -0.4 is 0 Å². The number of carbonyl (C=O) groups excluding carboxylic acids is 1. The van der Waals surface area contributed by atoms with E-state index in [1.807, 2.05) is 0 Å². The topological polar surface area (TPSA) is 110 Å². The fourth-order valence-corrected chi connectivity index (χ4v) is 5.38. The quantitative estimate of drug-likeness (QED) is 0.393. The van der Waals surface area contributed by atoms with Crippen molar-refractivity contribution >= 4 is 44.6 Å². The van der Waals surface area contributed by atoms with Gasteiger partial charge in [0.2, 0.25) is 0 Å². The zero-order valence-corrected chi connectivity index (χ0v) is 17.3. The molecular weight excluding hydrogens is 448 g/mol. The monoisotopic (exact) mass is 461 g/mol. The molecule has 3 rings (SSSR count). The SMILES string of the molecule is Cc1ncc([N+](=O)[O-])cc1C(=O)N1CCS(=O)(=O)C(c2cc(F)c(Cl)cc2Cl)C1. The molecule has 0 N–H and O–H groups in total. The van der Waals surface area contributed by atoms with Crippen LogP contribution in [0.1, 0.15) is 26.9 Å². The molecule has 0 radical (unpaired) electrons. The Morgan fingerprint density at radius 3 is 2.66 bits per heavy atom. The molecule has 0 spiro atoms. The Morgan fingerprint density at radius 1 is 1.31 bits per heavy atom. The molecule has 1 unspecified atom stereocenters. The molecule has 12 heteroatoms. The molecule has 1 amide bonds. The average Bonchev–Trinajstić information content (AvgIpc) is 2.64. The summed E-state index contributed by atoms with van der Waals surface area (Å²) in [5.41, 5.74) is -0.102. The number of amides is 1. The molecule has 1 atom stereocenters. The third-order valence-corrected chi connectivity index (χ3v) is 7.29. The number of halogens is 3. The molecule has 29 heavy (non-hydrogen) atoms. The van der Waals surface area contributed by atoms with E-state index >= 15 is 0 Å². The van der Waals surface area contributed by atoms with Crippen LogP contribution in [0.2, 0.25) is 10.0 Å². The summed E-state index contributed by atoms with van der Waals surface area (Å²) in [5, 5.41) is 9.44. The van der Waals surface area contributed by atoms with Crippen LogP contribution in [0.4, 0.5) is 10.1 Å². The van der Waals surface area contributed by atoms with Crippen molar-refractivity contribution in [1.29, 1.82) is 0 Å². The van der Waals surface area contributed by atoms with Gasteiger partial charge in [0, 0.05) is 24.2 Å². The van der Waals surface area contributed by atoms with E-state index in [1.54, 1.807) is 0 Å². The molecule has 1 aliphatic heterocycles. The number of sulfone groups is 1. The van der Waals surface area contributed by atoms with Crippen LogP contribution in [0.25, 0.3) is 0 Å². The minimum absolute atomic E-state index is 0.0000409. The molecule has 1 saturated heterocycles. The second-order valence-electron chi connectivity index (χ2n) is 6.48. The van der Waals surface area contributed by atoms with Gasteiger partial charge in [0.05, 0.1) is 27.0 Å². The first kappa shape index (κ1) is 21.4. The maximum atomic E-state index is 13.9. The minimum atomic E-state index is -3.72. The number of hydrogen-bond acceptors (Lipinski definition) is 6. The van der Waals surface area contributed by atoms with E-state index in [1.165, 1.54) is 11.8 Å². The Kier molecular flexibility index (Phi) is 5.79. The van der Waals surface area contributed by atoms with E-state index < -0.39 is 31.7 Å². The number of carbonyl (C=O) groups is 1. The highest BCUT2D eigenvalue weighted by Gasteiger charge is 2.38. The van der Waals surface area contributed by atoms with Gasteiger partial charge in [-0.1, -0.05) is 23.2 Å². The number of aryl methyl sites for hydroxylation is 1. The van der Waals surface area contributed by atoms with Crippen molar-refractivity contribution in [2.75, 3.05) is 18.8 Å². The van der Waals surface area contributed by atoms with Crippen LogP contribution in [0.5, 0.6) is 0 Å². The molecule has 2 heterocycles. The van der Waals surface area contributed by atoms with E-state index in [9.17, 15) is 27.7 Å². The highest BCUT2D eigenvalue weighted by atomic mass is 35.5.